The smallest absolute Gasteiger partial charge is 1.00 e. The summed E-state index contributed by atoms with van der Waals surface area (Å²) >= 11 is 0. The Bertz CT molecular complexity index is 160. The van der Waals surface area contributed by atoms with Crippen molar-refractivity contribution >= 4 is 0 Å². The Labute approximate surface area is 113 Å². The van der Waals surface area contributed by atoms with Gasteiger partial charge in [0.05, 0.1) is 0 Å². The number of halogens is 1. The fraction of sp³-hybridized carbons (Fsp3) is 0.167. The fourth-order valence-corrected chi connectivity index (χ4v) is 0.680. The van der Waals surface area contributed by atoms with Gasteiger partial charge in [-0.3, -0.25) is 18.7 Å². The zero-order chi connectivity index (χ0) is 9.07. The number of allylic oxidation sites excluding steroid dienone is 8. The molecule has 0 saturated heterocycles. The number of hydrogen-bond acceptors (Lipinski definition) is 0. The molecule has 0 heterocycles. The van der Waals surface area contributed by atoms with Crippen molar-refractivity contribution in [1.82, 2.24) is 0 Å². The topological polar surface area (TPSA) is 0 Å². The van der Waals surface area contributed by atoms with Crippen LogP contribution in [0.1, 0.15) is 12.8 Å². The monoisotopic (exact) mass is 282 g/mol. The van der Waals surface area contributed by atoms with Gasteiger partial charge in [-0.05, 0) is 0 Å². The second-order valence-corrected chi connectivity index (χ2v) is 2.01. The minimum Gasteiger partial charge on any atom is -1.00 e. The van der Waals surface area contributed by atoms with Gasteiger partial charge >= 0.3 is 26.2 Å². The minimum atomic E-state index is 0. The molecule has 0 atom stereocenters. The molecule has 0 bridgehead atoms. The molecular formula is C12H13ClZr-. The molecule has 14 heavy (non-hydrogen) atoms. The third kappa shape index (κ3) is 14.4. The fourth-order valence-electron chi connectivity index (χ4n) is 0.680. The number of hydrogen-bond donors (Lipinski definition) is 0. The Morgan fingerprint density at radius 1 is 0.929 bits per heavy atom. The predicted molar refractivity (Wildman–Crippen MR) is 53.1 cm³/mol. The van der Waals surface area contributed by atoms with Crippen LogP contribution in [0.3, 0.4) is 0 Å². The normalized spacial score (nSPS) is 12.9. The van der Waals surface area contributed by atoms with E-state index in [0.29, 0.717) is 0 Å². The van der Waals surface area contributed by atoms with Crippen molar-refractivity contribution in [2.45, 2.75) is 12.8 Å². The van der Waals surface area contributed by atoms with Crippen LogP contribution in [-0.2, 0) is 26.2 Å². The van der Waals surface area contributed by atoms with Gasteiger partial charge in [0.2, 0.25) is 0 Å². The predicted octanol–water partition coefficient (Wildman–Crippen LogP) is 0.218. The largest absolute Gasteiger partial charge is 3.00 e. The summed E-state index contributed by atoms with van der Waals surface area (Å²) in [7, 11) is 0. The van der Waals surface area contributed by atoms with Crippen LogP contribution < -0.4 is 12.4 Å². The summed E-state index contributed by atoms with van der Waals surface area (Å²) in [5.41, 5.74) is 0. The third-order valence-corrected chi connectivity index (χ3v) is 1.17. The third-order valence-electron chi connectivity index (χ3n) is 1.17. The van der Waals surface area contributed by atoms with E-state index in [0.717, 1.165) is 12.8 Å². The molecule has 0 amide bonds. The van der Waals surface area contributed by atoms with Gasteiger partial charge in [0.15, 0.2) is 0 Å². The summed E-state index contributed by atoms with van der Waals surface area (Å²) in [4.78, 5) is 0. The van der Waals surface area contributed by atoms with Crippen LogP contribution in [0.15, 0.2) is 43.0 Å². The van der Waals surface area contributed by atoms with Gasteiger partial charge in [-0.25, -0.2) is 24.3 Å². The zero-order valence-corrected chi connectivity index (χ0v) is 11.3. The summed E-state index contributed by atoms with van der Waals surface area (Å²) in [6, 6.07) is 0. The van der Waals surface area contributed by atoms with Gasteiger partial charge < -0.3 is 19.0 Å². The average molecular weight is 284 g/mol. The molecule has 0 N–H and O–H groups in total. The van der Waals surface area contributed by atoms with Crippen molar-refractivity contribution in [2.24, 2.45) is 0 Å². The van der Waals surface area contributed by atoms with E-state index in [1.165, 1.54) is 0 Å². The molecule has 73 valence electrons. The van der Waals surface area contributed by atoms with Crippen LogP contribution in [-0.4, -0.2) is 0 Å². The van der Waals surface area contributed by atoms with Gasteiger partial charge in [-0.2, -0.15) is 12.2 Å². The van der Waals surface area contributed by atoms with Crippen molar-refractivity contribution < 1.29 is 38.6 Å². The maximum atomic E-state index is 4.25. The summed E-state index contributed by atoms with van der Waals surface area (Å²) in [6.07, 6.45) is 20.0. The van der Waals surface area contributed by atoms with Gasteiger partial charge in [0.1, 0.15) is 0 Å². The van der Waals surface area contributed by atoms with Crippen molar-refractivity contribution in [3.63, 3.8) is 0 Å². The summed E-state index contributed by atoms with van der Waals surface area (Å²) in [5.74, 6) is 0. The first-order valence-corrected chi connectivity index (χ1v) is 3.84. The molecule has 0 unspecified atom stereocenters. The second-order valence-electron chi connectivity index (χ2n) is 2.01. The Kier molecular flexibility index (Phi) is 25.9. The van der Waals surface area contributed by atoms with Gasteiger partial charge in [-0.15, -0.1) is 12.8 Å². The van der Waals surface area contributed by atoms with Crippen LogP contribution in [0.5, 0.6) is 0 Å². The van der Waals surface area contributed by atoms with Crippen LogP contribution in [0.25, 0.3) is 0 Å². The maximum absolute atomic E-state index is 4.25. The quantitative estimate of drug-likeness (QED) is 0.558. The molecule has 0 aliphatic heterocycles. The van der Waals surface area contributed by atoms with Crippen LogP contribution in [0.4, 0.5) is 0 Å². The minimum absolute atomic E-state index is 0. The Hall–Kier alpha value is -0.127. The summed E-state index contributed by atoms with van der Waals surface area (Å²) < 4.78 is 0. The summed E-state index contributed by atoms with van der Waals surface area (Å²) in [6.45, 7) is 7.00. The maximum Gasteiger partial charge on any atom is 3.00 e. The molecule has 2 aliphatic carbocycles. The van der Waals surface area contributed by atoms with E-state index < -0.39 is 0 Å². The molecule has 0 saturated carbocycles. The van der Waals surface area contributed by atoms with Gasteiger partial charge in [0.25, 0.3) is 0 Å². The van der Waals surface area contributed by atoms with Gasteiger partial charge in [0, 0.05) is 0 Å². The molecule has 0 spiro atoms. The zero-order valence-electron chi connectivity index (χ0n) is 8.04. The van der Waals surface area contributed by atoms with E-state index >= 15 is 0 Å². The molecule has 0 fully saturated rings. The van der Waals surface area contributed by atoms with E-state index in [1.807, 2.05) is 24.3 Å². The Balaban J connectivity index is -0.000000131. The van der Waals surface area contributed by atoms with Crippen molar-refractivity contribution in [3.05, 3.63) is 61.8 Å². The van der Waals surface area contributed by atoms with E-state index in [4.69, 9.17) is 0 Å². The first-order chi connectivity index (χ1) is 6.00. The molecular weight excluding hydrogens is 271 g/mol. The molecule has 2 aliphatic rings. The van der Waals surface area contributed by atoms with Crippen molar-refractivity contribution in [2.75, 3.05) is 0 Å². The SMILES string of the molecule is [C-]1=CC=CC1.[C-]1=CC=CC1.[CH-]=C.[Cl-].[Zr+3]. The van der Waals surface area contributed by atoms with Crippen molar-refractivity contribution in [1.29, 1.82) is 0 Å². The molecule has 2 heteroatoms. The van der Waals surface area contributed by atoms with Crippen LogP contribution >= 0.6 is 0 Å². The molecule has 0 aromatic carbocycles. The molecule has 0 nitrogen and oxygen atoms in total. The van der Waals surface area contributed by atoms with E-state index in [1.54, 1.807) is 0 Å². The Morgan fingerprint density at radius 3 is 1.36 bits per heavy atom. The number of rotatable bonds is 0. The van der Waals surface area contributed by atoms with Crippen LogP contribution in [0, 0.1) is 18.7 Å². The molecule has 0 aromatic rings. The first-order valence-electron chi connectivity index (χ1n) is 3.84. The van der Waals surface area contributed by atoms with E-state index in [-0.39, 0.29) is 38.6 Å². The van der Waals surface area contributed by atoms with E-state index in [2.05, 4.69) is 37.5 Å². The molecule has 0 aromatic heterocycles. The Morgan fingerprint density at radius 2 is 1.29 bits per heavy atom. The van der Waals surface area contributed by atoms with Crippen molar-refractivity contribution in [3.8, 4) is 0 Å². The van der Waals surface area contributed by atoms with Gasteiger partial charge in [-0.1, -0.05) is 0 Å². The second kappa shape index (κ2) is 18.6. The standard InChI is InChI=1S/2C5H5.C2H3.ClH.Zr/c2*1-2-4-5-3-1;1-2;;/h2*1-3H,4H2;1H,2H2;1H;/q3*-1;;+3/p-1. The summed E-state index contributed by atoms with van der Waals surface area (Å²) in [5, 5.41) is 0. The average Bonchev–Trinajstić information content (AvgIpc) is 2.87. The van der Waals surface area contributed by atoms with Crippen LogP contribution in [0.2, 0.25) is 0 Å². The molecule has 1 radical (unpaired) electrons. The first kappa shape index (κ1) is 19.4. The van der Waals surface area contributed by atoms with E-state index in [9.17, 15) is 0 Å². The molecule has 2 rings (SSSR count).